The SMILES string of the molecule is CC(C(=O)Nc1cccc(Cl)c1Cl)n1ccc(C(=O)O)n1. The fourth-order valence-corrected chi connectivity index (χ4v) is 1.97. The van der Waals surface area contributed by atoms with E-state index in [1.54, 1.807) is 25.1 Å². The van der Waals surface area contributed by atoms with Gasteiger partial charge in [0.25, 0.3) is 0 Å². The van der Waals surface area contributed by atoms with Gasteiger partial charge >= 0.3 is 5.97 Å². The van der Waals surface area contributed by atoms with Gasteiger partial charge in [0, 0.05) is 6.20 Å². The monoisotopic (exact) mass is 327 g/mol. The summed E-state index contributed by atoms with van der Waals surface area (Å²) in [7, 11) is 0. The van der Waals surface area contributed by atoms with Gasteiger partial charge in [-0.05, 0) is 25.1 Å². The quantitative estimate of drug-likeness (QED) is 0.903. The van der Waals surface area contributed by atoms with Crippen LogP contribution in [0.15, 0.2) is 30.5 Å². The summed E-state index contributed by atoms with van der Waals surface area (Å²) in [5.74, 6) is -1.54. The van der Waals surface area contributed by atoms with Crippen LogP contribution in [0, 0.1) is 0 Å². The molecule has 2 aromatic rings. The van der Waals surface area contributed by atoms with Gasteiger partial charge in [-0.2, -0.15) is 5.10 Å². The molecule has 0 radical (unpaired) electrons. The van der Waals surface area contributed by atoms with Crippen LogP contribution in [0.5, 0.6) is 0 Å². The van der Waals surface area contributed by atoms with Crippen molar-refractivity contribution in [3.63, 3.8) is 0 Å². The second-order valence-electron chi connectivity index (χ2n) is 4.25. The minimum Gasteiger partial charge on any atom is -0.476 e. The lowest BCUT2D eigenvalue weighted by Crippen LogP contribution is -2.24. The molecule has 1 unspecified atom stereocenters. The van der Waals surface area contributed by atoms with Crippen molar-refractivity contribution in [2.75, 3.05) is 5.32 Å². The van der Waals surface area contributed by atoms with Crippen molar-refractivity contribution < 1.29 is 14.7 Å². The molecule has 0 fully saturated rings. The van der Waals surface area contributed by atoms with Gasteiger partial charge in [0.2, 0.25) is 5.91 Å². The van der Waals surface area contributed by atoms with E-state index in [2.05, 4.69) is 10.4 Å². The van der Waals surface area contributed by atoms with Gasteiger partial charge in [0.1, 0.15) is 6.04 Å². The average Bonchev–Trinajstić information content (AvgIpc) is 2.93. The maximum atomic E-state index is 12.1. The van der Waals surface area contributed by atoms with E-state index in [9.17, 15) is 9.59 Å². The van der Waals surface area contributed by atoms with Gasteiger partial charge < -0.3 is 10.4 Å². The molecule has 8 heteroatoms. The molecule has 1 atom stereocenters. The van der Waals surface area contributed by atoms with Crippen LogP contribution in [-0.4, -0.2) is 26.8 Å². The molecule has 0 aliphatic heterocycles. The first-order chi connectivity index (χ1) is 9.90. The number of hydrogen-bond donors (Lipinski definition) is 2. The van der Waals surface area contributed by atoms with Crippen LogP contribution in [0.25, 0.3) is 0 Å². The van der Waals surface area contributed by atoms with Crippen molar-refractivity contribution in [1.29, 1.82) is 0 Å². The second kappa shape index (κ2) is 6.15. The Labute approximate surface area is 130 Å². The number of amides is 1. The predicted molar refractivity (Wildman–Crippen MR) is 79.0 cm³/mol. The first kappa shape index (κ1) is 15.3. The normalized spacial score (nSPS) is 12.0. The summed E-state index contributed by atoms with van der Waals surface area (Å²) in [5, 5.41) is 15.8. The fourth-order valence-electron chi connectivity index (χ4n) is 1.63. The van der Waals surface area contributed by atoms with Crippen LogP contribution in [0.4, 0.5) is 5.69 Å². The molecule has 0 spiro atoms. The Bertz CT molecular complexity index is 700. The molecular formula is C13H11Cl2N3O3. The van der Waals surface area contributed by atoms with Gasteiger partial charge in [-0.1, -0.05) is 29.3 Å². The fraction of sp³-hybridized carbons (Fsp3) is 0.154. The van der Waals surface area contributed by atoms with Crippen LogP contribution in [0.3, 0.4) is 0 Å². The highest BCUT2D eigenvalue weighted by Gasteiger charge is 2.19. The minimum absolute atomic E-state index is 0.129. The molecule has 1 amide bonds. The number of halogens is 2. The summed E-state index contributed by atoms with van der Waals surface area (Å²) < 4.78 is 1.26. The molecule has 2 rings (SSSR count). The van der Waals surface area contributed by atoms with E-state index in [1.165, 1.54) is 16.9 Å². The molecule has 0 bridgehead atoms. The maximum absolute atomic E-state index is 12.1. The van der Waals surface area contributed by atoms with Crippen LogP contribution in [0.1, 0.15) is 23.5 Å². The molecule has 0 saturated heterocycles. The van der Waals surface area contributed by atoms with Gasteiger partial charge in [0.05, 0.1) is 15.7 Å². The van der Waals surface area contributed by atoms with Crippen LogP contribution in [-0.2, 0) is 4.79 Å². The Hall–Kier alpha value is -2.05. The number of nitrogens with one attached hydrogen (secondary N) is 1. The number of benzene rings is 1. The molecule has 0 saturated carbocycles. The highest BCUT2D eigenvalue weighted by molar-refractivity contribution is 6.44. The van der Waals surface area contributed by atoms with E-state index >= 15 is 0 Å². The molecule has 1 heterocycles. The Morgan fingerprint density at radius 3 is 2.67 bits per heavy atom. The van der Waals surface area contributed by atoms with Crippen LogP contribution >= 0.6 is 23.2 Å². The number of carbonyl (C=O) groups excluding carboxylic acids is 1. The third kappa shape index (κ3) is 3.34. The number of hydrogen-bond acceptors (Lipinski definition) is 3. The number of carboxylic acids is 1. The highest BCUT2D eigenvalue weighted by atomic mass is 35.5. The topological polar surface area (TPSA) is 84.2 Å². The summed E-state index contributed by atoms with van der Waals surface area (Å²) in [5.41, 5.74) is 0.252. The van der Waals surface area contributed by atoms with Gasteiger partial charge in [-0.3, -0.25) is 9.48 Å². The maximum Gasteiger partial charge on any atom is 0.356 e. The molecule has 6 nitrogen and oxygen atoms in total. The van der Waals surface area contributed by atoms with Crippen molar-refractivity contribution in [1.82, 2.24) is 9.78 Å². The van der Waals surface area contributed by atoms with E-state index in [4.69, 9.17) is 28.3 Å². The molecule has 1 aromatic carbocycles. The van der Waals surface area contributed by atoms with Gasteiger partial charge in [0.15, 0.2) is 5.69 Å². The largest absolute Gasteiger partial charge is 0.476 e. The van der Waals surface area contributed by atoms with Gasteiger partial charge in [-0.25, -0.2) is 4.79 Å². The number of aromatic carboxylic acids is 1. The zero-order valence-electron chi connectivity index (χ0n) is 10.9. The Morgan fingerprint density at radius 1 is 1.33 bits per heavy atom. The molecule has 21 heavy (non-hydrogen) atoms. The number of nitrogens with zero attached hydrogens (tertiary/aromatic N) is 2. The van der Waals surface area contributed by atoms with Crippen molar-refractivity contribution in [2.24, 2.45) is 0 Å². The number of anilines is 1. The average molecular weight is 328 g/mol. The lowest BCUT2D eigenvalue weighted by Gasteiger charge is -2.14. The van der Waals surface area contributed by atoms with E-state index in [0.29, 0.717) is 10.7 Å². The van der Waals surface area contributed by atoms with Crippen molar-refractivity contribution in [3.8, 4) is 0 Å². The van der Waals surface area contributed by atoms with Crippen LogP contribution in [0.2, 0.25) is 10.0 Å². The van der Waals surface area contributed by atoms with E-state index in [-0.39, 0.29) is 16.6 Å². The summed E-state index contributed by atoms with van der Waals surface area (Å²) in [6.07, 6.45) is 1.42. The zero-order valence-corrected chi connectivity index (χ0v) is 12.4. The van der Waals surface area contributed by atoms with Crippen molar-refractivity contribution in [3.05, 3.63) is 46.2 Å². The standard InChI is InChI=1S/C13H11Cl2N3O3/c1-7(18-6-5-10(17-18)13(20)21)12(19)16-9-4-2-3-8(14)11(9)15/h2-7H,1H3,(H,16,19)(H,20,21). The summed E-state index contributed by atoms with van der Waals surface area (Å²) in [6, 6.07) is 5.50. The molecule has 110 valence electrons. The zero-order chi connectivity index (χ0) is 15.6. The van der Waals surface area contributed by atoms with Crippen molar-refractivity contribution in [2.45, 2.75) is 13.0 Å². The van der Waals surface area contributed by atoms with Gasteiger partial charge in [-0.15, -0.1) is 0 Å². The smallest absolute Gasteiger partial charge is 0.356 e. The molecular weight excluding hydrogens is 317 g/mol. The van der Waals surface area contributed by atoms with Crippen LogP contribution < -0.4 is 5.32 Å². The summed E-state index contributed by atoms with van der Waals surface area (Å²) in [6.45, 7) is 1.59. The first-order valence-electron chi connectivity index (χ1n) is 5.93. The molecule has 1 aromatic heterocycles. The van der Waals surface area contributed by atoms with E-state index in [1.807, 2.05) is 0 Å². The lowest BCUT2D eigenvalue weighted by molar-refractivity contribution is -0.119. The Kier molecular flexibility index (Phi) is 4.50. The lowest BCUT2D eigenvalue weighted by atomic mass is 10.2. The number of aromatic nitrogens is 2. The van der Waals surface area contributed by atoms with E-state index in [0.717, 1.165) is 0 Å². The first-order valence-corrected chi connectivity index (χ1v) is 6.69. The molecule has 2 N–H and O–H groups in total. The predicted octanol–water partition coefficient (Wildman–Crippen LogP) is 3.09. The number of rotatable bonds is 4. The third-order valence-corrected chi connectivity index (χ3v) is 3.63. The number of carboxylic acid groups (broad SMARTS) is 1. The Morgan fingerprint density at radius 2 is 2.05 bits per heavy atom. The third-order valence-electron chi connectivity index (χ3n) is 2.81. The molecule has 0 aliphatic rings. The molecule has 0 aliphatic carbocycles. The summed E-state index contributed by atoms with van der Waals surface area (Å²) in [4.78, 5) is 22.9. The minimum atomic E-state index is -1.15. The second-order valence-corrected chi connectivity index (χ2v) is 5.04. The number of carbonyl (C=O) groups is 2. The van der Waals surface area contributed by atoms with Crippen molar-refractivity contribution >= 4 is 40.8 Å². The summed E-state index contributed by atoms with van der Waals surface area (Å²) >= 11 is 11.9. The highest BCUT2D eigenvalue weighted by Crippen LogP contribution is 2.29. The van der Waals surface area contributed by atoms with E-state index < -0.39 is 12.0 Å². The Balaban J connectivity index is 2.15.